The molecule has 0 spiro atoms. The minimum Gasteiger partial charge on any atom is -0.463 e. The number of hydrogen-bond donors (Lipinski definition) is 3. The fourth-order valence-corrected chi connectivity index (χ4v) is 6.10. The van der Waals surface area contributed by atoms with Gasteiger partial charge in [0.2, 0.25) is 0 Å². The van der Waals surface area contributed by atoms with Crippen LogP contribution in [0, 0.1) is 5.92 Å². The van der Waals surface area contributed by atoms with Crippen LogP contribution in [-0.2, 0) is 23.4 Å². The van der Waals surface area contributed by atoms with E-state index in [4.69, 9.17) is 24.3 Å². The molecule has 1 unspecified atom stereocenters. The number of benzene rings is 1. The lowest BCUT2D eigenvalue weighted by Gasteiger charge is -2.30. The van der Waals surface area contributed by atoms with E-state index in [1.165, 1.54) is 32.0 Å². The molecule has 12 nitrogen and oxygen atoms in total. The molecule has 0 amide bonds. The number of nitrogen functional groups attached to an aromatic ring is 1. The van der Waals surface area contributed by atoms with Crippen LogP contribution in [0.2, 0.25) is 0 Å². The number of aliphatic hydroxyl groups excluding tert-OH is 1. The van der Waals surface area contributed by atoms with Crippen molar-refractivity contribution in [3.8, 4) is 5.75 Å². The normalized spacial score (nSPS) is 26.5. The van der Waals surface area contributed by atoms with E-state index < -0.39 is 74.3 Å². The molecule has 1 aliphatic heterocycles. The number of aliphatic hydroxyl groups is 2. The van der Waals surface area contributed by atoms with E-state index in [-0.39, 0.29) is 11.6 Å². The van der Waals surface area contributed by atoms with Crippen molar-refractivity contribution in [1.82, 2.24) is 9.55 Å². The number of carbonyl (C=O) groups excluding carboxylic acids is 1. The van der Waals surface area contributed by atoms with Crippen LogP contribution in [0.4, 0.5) is 10.2 Å². The summed E-state index contributed by atoms with van der Waals surface area (Å²) in [5.41, 5.74) is 1.99. The van der Waals surface area contributed by atoms with Gasteiger partial charge in [-0.3, -0.25) is 13.9 Å². The first-order valence-electron chi connectivity index (χ1n) is 12.0. The number of halogens is 1. The summed E-state index contributed by atoms with van der Waals surface area (Å²) in [4.78, 5) is 28.3. The largest absolute Gasteiger partial charge is 0.463 e. The average Bonchev–Trinajstić information content (AvgIpc) is 3.10. The zero-order chi connectivity index (χ0) is 28.3. The molecule has 7 atom stereocenters. The fraction of sp³-hybridized carbons (Fsp3) is 0.542. The number of aromatic nitrogens is 2. The predicted octanol–water partition coefficient (Wildman–Crippen LogP) is 2.05. The second kappa shape index (κ2) is 11.9. The van der Waals surface area contributed by atoms with Crippen molar-refractivity contribution in [2.75, 3.05) is 18.6 Å². The molecule has 210 valence electrons. The van der Waals surface area contributed by atoms with Gasteiger partial charge < -0.3 is 29.9 Å². The summed E-state index contributed by atoms with van der Waals surface area (Å²) in [5, 5.41) is 21.8. The van der Waals surface area contributed by atoms with Gasteiger partial charge in [-0.15, -0.1) is 0 Å². The number of nitrogens with zero attached hydrogens (tertiary/aromatic N) is 2. The summed E-state index contributed by atoms with van der Waals surface area (Å²) in [6, 6.07) is 9.33. The maximum absolute atomic E-state index is 14.1. The van der Waals surface area contributed by atoms with Crippen molar-refractivity contribution < 1.29 is 42.5 Å². The van der Waals surface area contributed by atoms with Gasteiger partial charge in [0.15, 0.2) is 11.8 Å². The number of esters is 1. The van der Waals surface area contributed by atoms with Crippen LogP contribution in [0.5, 0.6) is 5.75 Å². The molecule has 2 aromatic rings. The Kier molecular flexibility index (Phi) is 9.32. The molecule has 1 saturated heterocycles. The van der Waals surface area contributed by atoms with E-state index in [0.717, 1.165) is 10.8 Å². The highest BCUT2D eigenvalue weighted by atomic mass is 31.2. The zero-order valence-electron chi connectivity index (χ0n) is 21.5. The monoisotopic (exact) mass is 557 g/mol. The number of rotatable bonds is 11. The number of anilines is 1. The molecule has 38 heavy (non-hydrogen) atoms. The third kappa shape index (κ3) is 6.59. The van der Waals surface area contributed by atoms with Gasteiger partial charge in [0, 0.05) is 6.20 Å². The van der Waals surface area contributed by atoms with Crippen molar-refractivity contribution in [3.63, 3.8) is 0 Å². The molecule has 2 heterocycles. The molecule has 4 N–H and O–H groups in total. The first-order chi connectivity index (χ1) is 17.8. The van der Waals surface area contributed by atoms with E-state index in [9.17, 15) is 28.8 Å². The maximum Gasteiger partial charge on any atom is 0.380 e. The first kappa shape index (κ1) is 29.7. The molecular weight excluding hydrogens is 524 g/mol. The van der Waals surface area contributed by atoms with E-state index in [2.05, 4.69) is 4.98 Å². The Labute approximate surface area is 219 Å². The quantitative estimate of drug-likeness (QED) is 0.273. The number of carbonyl (C=O) groups is 1. The van der Waals surface area contributed by atoms with E-state index in [1.54, 1.807) is 32.0 Å². The van der Waals surface area contributed by atoms with Gasteiger partial charge in [0.05, 0.1) is 24.3 Å². The number of alkyl halides is 1. The van der Waals surface area contributed by atoms with Crippen LogP contribution in [-0.4, -0.2) is 68.6 Å². The minimum absolute atomic E-state index is 0.106. The van der Waals surface area contributed by atoms with Gasteiger partial charge in [-0.25, -0.2) is 13.8 Å². The second-order valence-electron chi connectivity index (χ2n) is 9.46. The molecule has 1 aliphatic rings. The summed E-state index contributed by atoms with van der Waals surface area (Å²) in [6.45, 7) is 4.73. The van der Waals surface area contributed by atoms with Crippen LogP contribution in [0.1, 0.15) is 33.9 Å². The molecule has 1 aromatic heterocycles. The Morgan fingerprint density at radius 2 is 1.92 bits per heavy atom. The summed E-state index contributed by atoms with van der Waals surface area (Å²) in [5.74, 6) is -1.43. The summed E-state index contributed by atoms with van der Waals surface area (Å²) < 4.78 is 51.2. The van der Waals surface area contributed by atoms with Crippen LogP contribution in [0.3, 0.4) is 0 Å². The lowest BCUT2D eigenvalue weighted by molar-refractivity contribution is -0.151. The number of hydrogen-bond acceptors (Lipinski definition) is 11. The molecule has 14 heteroatoms. The summed E-state index contributed by atoms with van der Waals surface area (Å²) in [7, 11) is -4.15. The number of ether oxygens (including phenoxy) is 2. The first-order valence-corrected chi connectivity index (χ1v) is 13.7. The van der Waals surface area contributed by atoms with Gasteiger partial charge in [-0.1, -0.05) is 25.1 Å². The van der Waals surface area contributed by atoms with Gasteiger partial charge in [-0.2, -0.15) is 4.98 Å². The van der Waals surface area contributed by atoms with E-state index in [0.29, 0.717) is 0 Å². The maximum atomic E-state index is 14.1. The topological polar surface area (TPSA) is 172 Å². The molecule has 1 fully saturated rings. The van der Waals surface area contributed by atoms with Crippen molar-refractivity contribution in [3.05, 3.63) is 53.1 Å². The van der Waals surface area contributed by atoms with E-state index >= 15 is 0 Å². The highest BCUT2D eigenvalue weighted by Crippen LogP contribution is 2.53. The molecule has 0 radical (unpaired) electrons. The van der Waals surface area contributed by atoms with Crippen LogP contribution in [0.25, 0.3) is 0 Å². The average molecular weight is 558 g/mol. The van der Waals surface area contributed by atoms with Gasteiger partial charge >= 0.3 is 19.3 Å². The van der Waals surface area contributed by atoms with Crippen LogP contribution in [0.15, 0.2) is 47.4 Å². The van der Waals surface area contributed by atoms with Crippen molar-refractivity contribution in [2.45, 2.75) is 63.9 Å². The molecule has 0 bridgehead atoms. The Balaban J connectivity index is 1.88. The Morgan fingerprint density at radius 3 is 2.50 bits per heavy atom. The molecule has 0 saturated carbocycles. The van der Waals surface area contributed by atoms with Crippen molar-refractivity contribution in [2.24, 2.45) is 5.92 Å². The SMILES string of the molecule is CC(C)OC(=O)[C@H](C)C[P@](=O)(Oc1ccccc1)O[C@@H](C)[C@H]1O[C@@H](n2ccc(N)nc2=O)C(O)(CF)[C@H]1O. The number of para-hydroxylation sites is 1. The molecule has 0 aliphatic carbocycles. The Hall–Kier alpha value is -2.83. The summed E-state index contributed by atoms with van der Waals surface area (Å²) >= 11 is 0. The standard InChI is InChI=1S/C24H33FN3O9P/c1-14(2)34-21(30)15(3)12-38(33,37-17-8-6-5-7-9-17)36-16(4)19-20(29)24(32,13-25)22(35-19)28-11-10-18(26)27-23(28)31/h5-11,14-16,19-20,22,29,32H,12-13H2,1-4H3,(H2,26,27,31)/t15-,16+,19-,20+,22-,24?,38-/m1/s1. The van der Waals surface area contributed by atoms with Gasteiger partial charge in [-0.05, 0) is 39.0 Å². The molecular formula is C24H33FN3O9P. The minimum atomic E-state index is -4.15. The molecule has 1 aromatic carbocycles. The third-order valence-corrected chi connectivity index (χ3v) is 8.02. The Bertz CT molecular complexity index is 1210. The fourth-order valence-electron chi connectivity index (χ4n) is 4.01. The lowest BCUT2D eigenvalue weighted by Crippen LogP contribution is -2.51. The lowest BCUT2D eigenvalue weighted by atomic mass is 9.93. The highest BCUT2D eigenvalue weighted by Gasteiger charge is 2.59. The van der Waals surface area contributed by atoms with Crippen LogP contribution < -0.4 is 15.9 Å². The zero-order valence-corrected chi connectivity index (χ0v) is 22.4. The van der Waals surface area contributed by atoms with Crippen LogP contribution >= 0.6 is 7.60 Å². The van der Waals surface area contributed by atoms with Gasteiger partial charge in [0.25, 0.3) is 0 Å². The highest BCUT2D eigenvalue weighted by molar-refractivity contribution is 7.54. The molecule has 3 rings (SSSR count). The summed E-state index contributed by atoms with van der Waals surface area (Å²) in [6.07, 6.45) is -5.99. The van der Waals surface area contributed by atoms with E-state index in [1.807, 2.05) is 0 Å². The second-order valence-corrected chi connectivity index (χ2v) is 11.4. The number of nitrogens with two attached hydrogens (primary N) is 1. The third-order valence-electron chi connectivity index (χ3n) is 5.88. The Morgan fingerprint density at radius 1 is 1.26 bits per heavy atom. The van der Waals surface area contributed by atoms with Crippen molar-refractivity contribution >= 4 is 19.4 Å². The predicted molar refractivity (Wildman–Crippen MR) is 134 cm³/mol. The van der Waals surface area contributed by atoms with Crippen molar-refractivity contribution in [1.29, 1.82) is 0 Å². The van der Waals surface area contributed by atoms with Gasteiger partial charge in [0.1, 0.15) is 30.4 Å². The smallest absolute Gasteiger partial charge is 0.380 e.